The van der Waals surface area contributed by atoms with Gasteiger partial charge in [-0.3, -0.25) is 0 Å². The van der Waals surface area contributed by atoms with Gasteiger partial charge in [0.25, 0.3) is 0 Å². The fourth-order valence-electron chi connectivity index (χ4n) is 1.31. The molecule has 62 valence electrons. The van der Waals surface area contributed by atoms with E-state index in [-0.39, 0.29) is 10.9 Å². The van der Waals surface area contributed by atoms with E-state index in [1.807, 2.05) is 0 Å². The Labute approximate surface area is 64.6 Å². The van der Waals surface area contributed by atoms with Crippen LogP contribution in [0.1, 0.15) is 12.8 Å². The van der Waals surface area contributed by atoms with Crippen molar-refractivity contribution < 1.29 is 10.2 Å². The Morgan fingerprint density at radius 1 is 1.20 bits per heavy atom. The van der Waals surface area contributed by atoms with Crippen LogP contribution in [-0.2, 0) is 0 Å². The fraction of sp³-hybridized carbons (Fsp3) is 1.00. The molecule has 0 saturated carbocycles. The van der Waals surface area contributed by atoms with Crippen molar-refractivity contribution in [1.29, 1.82) is 0 Å². The number of hydrogen-bond donors (Lipinski definition) is 3. The zero-order chi connectivity index (χ0) is 7.40. The summed E-state index contributed by atoms with van der Waals surface area (Å²) in [5, 5.41) is 17.6. The Bertz CT molecular complexity index is 77.6. The molecule has 0 radical (unpaired) electrons. The molecule has 0 atom stereocenters. The quantitative estimate of drug-likeness (QED) is 0.515. The molecule has 1 aliphatic rings. The van der Waals surface area contributed by atoms with Gasteiger partial charge in [-0.2, -0.15) is 0 Å². The minimum Gasteiger partial charge on any atom is -0.396 e. The summed E-state index contributed by atoms with van der Waals surface area (Å²) < 4.78 is 0. The molecule has 1 saturated heterocycles. The number of thiol groups is 1. The third kappa shape index (κ3) is 2.15. The predicted molar refractivity (Wildman–Crippen MR) is 45.6 cm³/mol. The molecule has 1 rings (SSSR count). The lowest BCUT2D eigenvalue weighted by atomic mass is 10.1. The Balaban J connectivity index is 2.17. The molecule has 0 aromatic carbocycles. The minimum atomic E-state index is -0.0574. The zero-order valence-electron chi connectivity index (χ0n) is 6.16. The van der Waals surface area contributed by atoms with E-state index >= 15 is 0 Å². The fourth-order valence-corrected chi connectivity index (χ4v) is 3.28. The van der Waals surface area contributed by atoms with Gasteiger partial charge >= 0.3 is 0 Å². The second-order valence-electron chi connectivity index (χ2n) is 2.89. The Kier molecular flexibility index (Phi) is 3.52. The van der Waals surface area contributed by atoms with Crippen LogP contribution >= 0.6 is 10.9 Å². The van der Waals surface area contributed by atoms with Gasteiger partial charge in [-0.1, -0.05) is 0 Å². The first-order valence-electron chi connectivity index (χ1n) is 3.81. The second-order valence-corrected chi connectivity index (χ2v) is 5.40. The molecule has 0 aliphatic carbocycles. The van der Waals surface area contributed by atoms with Gasteiger partial charge in [0.1, 0.15) is 0 Å². The van der Waals surface area contributed by atoms with Crippen LogP contribution in [0.25, 0.3) is 0 Å². The van der Waals surface area contributed by atoms with Gasteiger partial charge in [-0.25, -0.2) is 10.9 Å². The van der Waals surface area contributed by atoms with Crippen molar-refractivity contribution in [3.05, 3.63) is 0 Å². The van der Waals surface area contributed by atoms with Crippen molar-refractivity contribution in [2.45, 2.75) is 12.8 Å². The topological polar surface area (TPSA) is 40.5 Å². The van der Waals surface area contributed by atoms with Crippen molar-refractivity contribution in [3.63, 3.8) is 0 Å². The Hall–Kier alpha value is 0.270. The summed E-state index contributed by atoms with van der Waals surface area (Å²) in [6.45, 7) is 0.342. The highest BCUT2D eigenvalue weighted by atomic mass is 32.2. The summed E-state index contributed by atoms with van der Waals surface area (Å²) in [6, 6.07) is 0. The van der Waals surface area contributed by atoms with Crippen molar-refractivity contribution in [1.82, 2.24) is 0 Å². The molecule has 1 aliphatic heterocycles. The largest absolute Gasteiger partial charge is 0.396 e. The molecule has 1 heterocycles. The first kappa shape index (κ1) is 8.37. The van der Waals surface area contributed by atoms with E-state index in [4.69, 9.17) is 10.2 Å². The molecule has 2 nitrogen and oxygen atoms in total. The van der Waals surface area contributed by atoms with Crippen molar-refractivity contribution in [2.75, 3.05) is 24.1 Å². The maximum atomic E-state index is 8.82. The first-order chi connectivity index (χ1) is 4.86. The van der Waals surface area contributed by atoms with Gasteiger partial charge in [0.05, 0.1) is 5.94 Å². The molecule has 10 heavy (non-hydrogen) atoms. The van der Waals surface area contributed by atoms with E-state index in [9.17, 15) is 0 Å². The molecule has 2 N–H and O–H groups in total. The molecule has 0 aromatic heterocycles. The zero-order valence-corrected chi connectivity index (χ0v) is 7.06. The second kappa shape index (κ2) is 4.21. The van der Waals surface area contributed by atoms with Gasteiger partial charge in [0.2, 0.25) is 0 Å². The molecule has 3 heteroatoms. The summed E-state index contributed by atoms with van der Waals surface area (Å²) >= 11 is 0. The molecule has 0 unspecified atom stereocenters. The lowest BCUT2D eigenvalue weighted by molar-refractivity contribution is 0.218. The first-order valence-corrected chi connectivity index (χ1v) is 5.70. The lowest BCUT2D eigenvalue weighted by Crippen LogP contribution is -2.17. The third-order valence-electron chi connectivity index (χ3n) is 2.17. The molecule has 0 bridgehead atoms. The average molecular weight is 164 g/mol. The van der Waals surface area contributed by atoms with Crippen LogP contribution in [0, 0.1) is 5.92 Å². The molecular weight excluding hydrogens is 148 g/mol. The molecule has 0 amide bonds. The van der Waals surface area contributed by atoms with Crippen molar-refractivity contribution in [2.24, 2.45) is 5.92 Å². The van der Waals surface area contributed by atoms with Crippen molar-refractivity contribution in [3.8, 4) is 0 Å². The minimum absolute atomic E-state index is 0.0574. The number of aliphatic hydroxyl groups excluding tert-OH is 2. The normalized spacial score (nSPS) is 37.8. The van der Waals surface area contributed by atoms with Crippen molar-refractivity contribution >= 4 is 10.9 Å². The third-order valence-corrected chi connectivity index (χ3v) is 4.35. The summed E-state index contributed by atoms with van der Waals surface area (Å²) in [5.74, 6) is 3.26. The SMILES string of the molecule is OCC1CC[SH](CO)CC1. The van der Waals surface area contributed by atoms with E-state index in [0.29, 0.717) is 18.5 Å². The summed E-state index contributed by atoms with van der Waals surface area (Å²) in [7, 11) is -0.0574. The van der Waals surface area contributed by atoms with E-state index in [1.54, 1.807) is 0 Å². The van der Waals surface area contributed by atoms with E-state index in [2.05, 4.69) is 0 Å². The number of aliphatic hydroxyl groups is 2. The lowest BCUT2D eigenvalue weighted by Gasteiger charge is -2.28. The van der Waals surface area contributed by atoms with E-state index < -0.39 is 0 Å². The Morgan fingerprint density at radius 2 is 1.80 bits per heavy atom. The van der Waals surface area contributed by atoms with Gasteiger partial charge in [-0.15, -0.1) is 0 Å². The van der Waals surface area contributed by atoms with Crippen LogP contribution in [-0.4, -0.2) is 34.3 Å². The van der Waals surface area contributed by atoms with Crippen LogP contribution in [0.2, 0.25) is 0 Å². The highest BCUT2D eigenvalue weighted by Gasteiger charge is 2.16. The molecular formula is C7H16O2S. The van der Waals surface area contributed by atoms with Gasteiger partial charge in [0, 0.05) is 6.61 Å². The monoisotopic (exact) mass is 164 g/mol. The Morgan fingerprint density at radius 3 is 2.20 bits per heavy atom. The summed E-state index contributed by atoms with van der Waals surface area (Å²) in [6.07, 6.45) is 2.26. The molecule has 1 fully saturated rings. The maximum Gasteiger partial charge on any atom is 0.0711 e. The number of hydrogen-bond acceptors (Lipinski definition) is 2. The smallest absolute Gasteiger partial charge is 0.0711 e. The summed E-state index contributed by atoms with van der Waals surface area (Å²) in [4.78, 5) is 0. The predicted octanol–water partition coefficient (Wildman–Crippen LogP) is 0.340. The highest BCUT2D eigenvalue weighted by Crippen LogP contribution is 2.34. The molecule has 0 spiro atoms. The van der Waals surface area contributed by atoms with Crippen LogP contribution in [0.5, 0.6) is 0 Å². The maximum absolute atomic E-state index is 8.82. The van der Waals surface area contributed by atoms with Crippen LogP contribution in [0.15, 0.2) is 0 Å². The van der Waals surface area contributed by atoms with Gasteiger partial charge in [-0.05, 0) is 30.3 Å². The van der Waals surface area contributed by atoms with E-state index in [0.717, 1.165) is 24.3 Å². The molecule has 0 aromatic rings. The van der Waals surface area contributed by atoms with Crippen LogP contribution < -0.4 is 0 Å². The summed E-state index contributed by atoms with van der Waals surface area (Å²) in [5.41, 5.74) is 0. The average Bonchev–Trinajstić information content (AvgIpc) is 2.05. The number of rotatable bonds is 2. The standard InChI is InChI=1S/C7H16O2S/c8-5-7-1-3-10(6-9)4-2-7/h7-10H,1-6H2. The highest BCUT2D eigenvalue weighted by molar-refractivity contribution is 8.16. The van der Waals surface area contributed by atoms with Crippen LogP contribution in [0.4, 0.5) is 0 Å². The van der Waals surface area contributed by atoms with E-state index in [1.165, 1.54) is 0 Å². The van der Waals surface area contributed by atoms with Crippen LogP contribution in [0.3, 0.4) is 0 Å². The van der Waals surface area contributed by atoms with Gasteiger partial charge in [0.15, 0.2) is 0 Å². The van der Waals surface area contributed by atoms with Gasteiger partial charge < -0.3 is 10.2 Å².